The molecule has 2 rings (SSSR count). The first kappa shape index (κ1) is 10.7. The van der Waals surface area contributed by atoms with Crippen LogP contribution in [0.3, 0.4) is 0 Å². The first-order chi connectivity index (χ1) is 7.79. The second-order valence-corrected chi connectivity index (χ2v) is 3.75. The Labute approximate surface area is 95.3 Å². The van der Waals surface area contributed by atoms with Crippen LogP contribution in [0.1, 0.15) is 0 Å². The van der Waals surface area contributed by atoms with Gasteiger partial charge in [-0.2, -0.15) is 0 Å². The number of fused-ring (bicyclic) bond motifs is 1. The van der Waals surface area contributed by atoms with Gasteiger partial charge in [-0.1, -0.05) is 36.9 Å². The van der Waals surface area contributed by atoms with Crippen LogP contribution in [0.4, 0.5) is 0 Å². The third-order valence-corrected chi connectivity index (χ3v) is 2.45. The van der Waals surface area contributed by atoms with Gasteiger partial charge in [-0.05, 0) is 28.5 Å². The van der Waals surface area contributed by atoms with Crippen LogP contribution >= 0.6 is 0 Å². The summed E-state index contributed by atoms with van der Waals surface area (Å²) in [5, 5.41) is 2.39. The molecule has 2 nitrogen and oxygen atoms in total. The first-order valence-electron chi connectivity index (χ1n) is 5.28. The Balaban J connectivity index is 2.16. The predicted octanol–water partition coefficient (Wildman–Crippen LogP) is 2.73. The Morgan fingerprint density at radius 1 is 1.12 bits per heavy atom. The van der Waals surface area contributed by atoms with Crippen LogP contribution < -0.4 is 10.5 Å². The third-order valence-electron chi connectivity index (χ3n) is 2.45. The Morgan fingerprint density at radius 3 is 2.62 bits per heavy atom. The fourth-order valence-corrected chi connectivity index (χ4v) is 1.50. The number of benzene rings is 2. The molecule has 0 aromatic heterocycles. The predicted molar refractivity (Wildman–Crippen MR) is 67.6 cm³/mol. The lowest BCUT2D eigenvalue weighted by Gasteiger charge is -2.07. The minimum absolute atomic E-state index is 0.466. The zero-order valence-corrected chi connectivity index (χ0v) is 9.15. The van der Waals surface area contributed by atoms with E-state index in [1.165, 1.54) is 10.8 Å². The molecule has 0 fully saturated rings. The molecule has 0 aliphatic heterocycles. The van der Waals surface area contributed by atoms with Gasteiger partial charge in [0, 0.05) is 6.54 Å². The Kier molecular flexibility index (Phi) is 3.22. The van der Waals surface area contributed by atoms with Crippen molar-refractivity contribution in [2.45, 2.75) is 0 Å². The molecular weight excluding hydrogens is 198 g/mol. The van der Waals surface area contributed by atoms with E-state index in [-0.39, 0.29) is 0 Å². The molecule has 0 unspecified atom stereocenters. The molecule has 0 radical (unpaired) electrons. The maximum Gasteiger partial charge on any atom is 0.120 e. The van der Waals surface area contributed by atoms with Gasteiger partial charge in [-0.15, -0.1) is 0 Å². The summed E-state index contributed by atoms with van der Waals surface area (Å²) in [7, 11) is 0. The van der Waals surface area contributed by atoms with Gasteiger partial charge in [-0.3, -0.25) is 0 Å². The van der Waals surface area contributed by atoms with Crippen LogP contribution in [-0.4, -0.2) is 13.2 Å². The van der Waals surface area contributed by atoms with Gasteiger partial charge in [0.2, 0.25) is 0 Å². The SMILES string of the molecule is C=C(CN)COc1ccc2ccccc2c1. The smallest absolute Gasteiger partial charge is 0.120 e. The van der Waals surface area contributed by atoms with Crippen LogP contribution in [0, 0.1) is 0 Å². The lowest BCUT2D eigenvalue weighted by molar-refractivity contribution is 0.351. The van der Waals surface area contributed by atoms with Gasteiger partial charge in [0.1, 0.15) is 12.4 Å². The molecule has 16 heavy (non-hydrogen) atoms. The maximum absolute atomic E-state index is 5.59. The van der Waals surface area contributed by atoms with Crippen molar-refractivity contribution in [1.82, 2.24) is 0 Å². The van der Waals surface area contributed by atoms with Gasteiger partial charge < -0.3 is 10.5 Å². The summed E-state index contributed by atoms with van der Waals surface area (Å²) in [4.78, 5) is 0. The number of rotatable bonds is 4. The molecule has 2 heteroatoms. The van der Waals surface area contributed by atoms with Gasteiger partial charge in [0.15, 0.2) is 0 Å². The fraction of sp³-hybridized carbons (Fsp3) is 0.143. The van der Waals surface area contributed by atoms with Crippen LogP contribution in [0.15, 0.2) is 54.6 Å². The van der Waals surface area contributed by atoms with E-state index in [1.807, 2.05) is 24.3 Å². The average molecular weight is 213 g/mol. The van der Waals surface area contributed by atoms with Gasteiger partial charge in [0.05, 0.1) is 0 Å². The second kappa shape index (κ2) is 4.81. The summed E-state index contributed by atoms with van der Waals surface area (Å²) >= 11 is 0. The first-order valence-corrected chi connectivity index (χ1v) is 5.28. The lowest BCUT2D eigenvalue weighted by atomic mass is 10.1. The van der Waals surface area contributed by atoms with E-state index in [9.17, 15) is 0 Å². The van der Waals surface area contributed by atoms with E-state index >= 15 is 0 Å². The van der Waals surface area contributed by atoms with Gasteiger partial charge in [-0.25, -0.2) is 0 Å². The third kappa shape index (κ3) is 2.41. The molecule has 0 amide bonds. The quantitative estimate of drug-likeness (QED) is 0.792. The molecule has 0 atom stereocenters. The van der Waals surface area contributed by atoms with Crippen LogP contribution in [-0.2, 0) is 0 Å². The van der Waals surface area contributed by atoms with E-state index in [2.05, 4.69) is 24.8 Å². The van der Waals surface area contributed by atoms with E-state index in [0.29, 0.717) is 13.2 Å². The standard InChI is InChI=1S/C14H15NO/c1-11(9-15)10-16-14-7-6-12-4-2-3-5-13(12)8-14/h2-8H,1,9-10,15H2. The van der Waals surface area contributed by atoms with Crippen molar-refractivity contribution in [2.75, 3.05) is 13.2 Å². The van der Waals surface area contributed by atoms with Crippen LogP contribution in [0.2, 0.25) is 0 Å². The molecular formula is C14H15NO. The van der Waals surface area contributed by atoms with Crippen LogP contribution in [0.5, 0.6) is 5.75 Å². The maximum atomic E-state index is 5.59. The molecule has 82 valence electrons. The van der Waals surface area contributed by atoms with E-state index < -0.39 is 0 Å². The van der Waals surface area contributed by atoms with Crippen LogP contribution in [0.25, 0.3) is 10.8 Å². The summed E-state index contributed by atoms with van der Waals surface area (Å²) in [6, 6.07) is 14.2. The zero-order chi connectivity index (χ0) is 11.4. The highest BCUT2D eigenvalue weighted by Gasteiger charge is 1.97. The van der Waals surface area contributed by atoms with Crippen molar-refractivity contribution in [1.29, 1.82) is 0 Å². The van der Waals surface area contributed by atoms with Gasteiger partial charge >= 0.3 is 0 Å². The summed E-state index contributed by atoms with van der Waals surface area (Å²) in [5.74, 6) is 0.855. The van der Waals surface area contributed by atoms with E-state index in [1.54, 1.807) is 0 Å². The highest BCUT2D eigenvalue weighted by Crippen LogP contribution is 2.20. The Hall–Kier alpha value is -1.80. The van der Waals surface area contributed by atoms with E-state index in [4.69, 9.17) is 10.5 Å². The number of hydrogen-bond acceptors (Lipinski definition) is 2. The second-order valence-electron chi connectivity index (χ2n) is 3.75. The lowest BCUT2D eigenvalue weighted by Crippen LogP contribution is -2.09. The Morgan fingerprint density at radius 2 is 1.88 bits per heavy atom. The molecule has 2 aromatic rings. The topological polar surface area (TPSA) is 35.2 Å². The molecule has 0 saturated carbocycles. The molecule has 0 aliphatic rings. The zero-order valence-electron chi connectivity index (χ0n) is 9.15. The average Bonchev–Trinajstić information content (AvgIpc) is 2.35. The molecule has 0 heterocycles. The summed E-state index contributed by atoms with van der Waals surface area (Å²) in [6.45, 7) is 4.75. The monoisotopic (exact) mass is 213 g/mol. The number of hydrogen-bond donors (Lipinski definition) is 1. The summed E-state index contributed by atoms with van der Waals surface area (Å²) in [5.41, 5.74) is 6.34. The van der Waals surface area contributed by atoms with Crippen molar-refractivity contribution in [3.8, 4) is 5.75 Å². The Bertz CT molecular complexity index is 505. The van der Waals surface area contributed by atoms with Crippen molar-refractivity contribution >= 4 is 10.8 Å². The highest BCUT2D eigenvalue weighted by molar-refractivity contribution is 5.83. The molecule has 2 N–H and O–H groups in total. The van der Waals surface area contributed by atoms with Crippen molar-refractivity contribution < 1.29 is 4.74 Å². The minimum atomic E-state index is 0.466. The normalized spacial score (nSPS) is 10.3. The van der Waals surface area contributed by atoms with Crippen molar-refractivity contribution in [2.24, 2.45) is 5.73 Å². The number of ether oxygens (including phenoxy) is 1. The largest absolute Gasteiger partial charge is 0.489 e. The minimum Gasteiger partial charge on any atom is -0.489 e. The molecule has 0 saturated heterocycles. The molecule has 2 aromatic carbocycles. The van der Waals surface area contributed by atoms with Gasteiger partial charge in [0.25, 0.3) is 0 Å². The molecule has 0 aliphatic carbocycles. The number of nitrogens with two attached hydrogens (primary N) is 1. The fourth-order valence-electron chi connectivity index (χ4n) is 1.50. The molecule has 0 spiro atoms. The molecule has 0 bridgehead atoms. The highest BCUT2D eigenvalue weighted by atomic mass is 16.5. The van der Waals surface area contributed by atoms with E-state index in [0.717, 1.165) is 11.3 Å². The van der Waals surface area contributed by atoms with Crippen molar-refractivity contribution in [3.05, 3.63) is 54.6 Å². The summed E-state index contributed by atoms with van der Waals surface area (Å²) in [6.07, 6.45) is 0. The van der Waals surface area contributed by atoms with Crippen molar-refractivity contribution in [3.63, 3.8) is 0 Å². The summed E-state index contributed by atoms with van der Waals surface area (Å²) < 4.78 is 5.59.